The monoisotopic (exact) mass is 255 g/mol. The van der Waals surface area contributed by atoms with Crippen molar-refractivity contribution in [2.24, 2.45) is 7.05 Å². The van der Waals surface area contributed by atoms with Crippen molar-refractivity contribution in [2.45, 2.75) is 0 Å². The second-order valence-electron chi connectivity index (χ2n) is 4.12. The molecule has 0 aliphatic rings. The number of aromatic nitrogens is 4. The van der Waals surface area contributed by atoms with Gasteiger partial charge in [0.1, 0.15) is 0 Å². The van der Waals surface area contributed by atoms with Gasteiger partial charge in [-0.2, -0.15) is 10.1 Å². The molecule has 1 N–H and O–H groups in total. The van der Waals surface area contributed by atoms with Crippen LogP contribution in [0.25, 0.3) is 22.8 Å². The molecule has 6 nitrogen and oxygen atoms in total. The third-order valence-corrected chi connectivity index (χ3v) is 2.82. The lowest BCUT2D eigenvalue weighted by Gasteiger charge is -2.03. The average molecular weight is 255 g/mol. The Kier molecular flexibility index (Phi) is 2.75. The van der Waals surface area contributed by atoms with Gasteiger partial charge in [0.05, 0.1) is 17.3 Å². The molecule has 6 heteroatoms. The minimum atomic E-state index is 0.490. The fourth-order valence-corrected chi connectivity index (χ4v) is 1.87. The van der Waals surface area contributed by atoms with E-state index in [-0.39, 0.29) is 0 Å². The number of hydrogen-bond donors (Lipinski definition) is 1. The molecule has 1 aromatic carbocycles. The molecule has 0 saturated carbocycles. The van der Waals surface area contributed by atoms with Gasteiger partial charge in [-0.15, -0.1) is 0 Å². The van der Waals surface area contributed by atoms with Gasteiger partial charge in [0.15, 0.2) is 0 Å². The highest BCUT2D eigenvalue weighted by molar-refractivity contribution is 5.73. The number of rotatable bonds is 3. The van der Waals surface area contributed by atoms with Crippen LogP contribution in [-0.4, -0.2) is 27.0 Å². The smallest absolute Gasteiger partial charge is 0.260 e. The van der Waals surface area contributed by atoms with Crippen molar-refractivity contribution >= 4 is 5.69 Å². The molecule has 2 heterocycles. The Labute approximate surface area is 110 Å². The molecule has 2 aromatic heterocycles. The molecule has 0 fully saturated rings. The molecule has 0 aliphatic heterocycles. The molecule has 0 atom stereocenters. The first kappa shape index (κ1) is 11.5. The SMILES string of the molecule is CNc1ccccc1-c1nc(-c2cnn(C)c2)no1. The van der Waals surface area contributed by atoms with E-state index in [1.165, 1.54) is 0 Å². The van der Waals surface area contributed by atoms with Gasteiger partial charge in [0.2, 0.25) is 5.82 Å². The first-order chi connectivity index (χ1) is 9.28. The highest BCUT2D eigenvalue weighted by Crippen LogP contribution is 2.27. The van der Waals surface area contributed by atoms with Crippen LogP contribution in [0.15, 0.2) is 41.2 Å². The molecule has 0 saturated heterocycles. The van der Waals surface area contributed by atoms with E-state index in [0.29, 0.717) is 11.7 Å². The van der Waals surface area contributed by atoms with Crippen molar-refractivity contribution in [3.63, 3.8) is 0 Å². The fraction of sp³-hybridized carbons (Fsp3) is 0.154. The van der Waals surface area contributed by atoms with Gasteiger partial charge >= 0.3 is 0 Å². The molecule has 0 amide bonds. The zero-order chi connectivity index (χ0) is 13.2. The topological polar surface area (TPSA) is 68.8 Å². The normalized spacial score (nSPS) is 10.6. The zero-order valence-corrected chi connectivity index (χ0v) is 10.7. The standard InChI is InChI=1S/C13H13N5O/c1-14-11-6-4-3-5-10(11)13-16-12(17-19-13)9-7-15-18(2)8-9/h3-8,14H,1-2H3. The molecule has 3 aromatic rings. The van der Waals surface area contributed by atoms with Gasteiger partial charge in [0, 0.05) is 26.0 Å². The van der Waals surface area contributed by atoms with Crippen LogP contribution >= 0.6 is 0 Å². The maximum Gasteiger partial charge on any atom is 0.260 e. The summed E-state index contributed by atoms with van der Waals surface area (Å²) in [5, 5.41) is 11.2. The molecule has 19 heavy (non-hydrogen) atoms. The van der Waals surface area contributed by atoms with Crippen LogP contribution in [0.5, 0.6) is 0 Å². The Bertz CT molecular complexity index is 700. The van der Waals surface area contributed by atoms with Crippen molar-refractivity contribution in [1.82, 2.24) is 19.9 Å². The lowest BCUT2D eigenvalue weighted by atomic mass is 10.2. The summed E-state index contributed by atoms with van der Waals surface area (Å²) in [6.45, 7) is 0. The summed E-state index contributed by atoms with van der Waals surface area (Å²) in [6.07, 6.45) is 3.55. The third kappa shape index (κ3) is 2.08. The Morgan fingerprint density at radius 2 is 2.11 bits per heavy atom. The van der Waals surface area contributed by atoms with Crippen LogP contribution < -0.4 is 5.32 Å². The quantitative estimate of drug-likeness (QED) is 0.776. The van der Waals surface area contributed by atoms with Crippen molar-refractivity contribution in [3.8, 4) is 22.8 Å². The molecule has 0 radical (unpaired) electrons. The molecular weight excluding hydrogens is 242 g/mol. The molecule has 96 valence electrons. The van der Waals surface area contributed by atoms with Crippen LogP contribution in [0.3, 0.4) is 0 Å². The van der Waals surface area contributed by atoms with Crippen molar-refractivity contribution in [1.29, 1.82) is 0 Å². The summed E-state index contributed by atoms with van der Waals surface area (Å²) in [4.78, 5) is 4.40. The maximum absolute atomic E-state index is 5.32. The summed E-state index contributed by atoms with van der Waals surface area (Å²) >= 11 is 0. The number of aryl methyl sites for hydroxylation is 1. The molecule has 0 spiro atoms. The molecule has 3 rings (SSSR count). The summed E-state index contributed by atoms with van der Waals surface area (Å²) in [6, 6.07) is 7.79. The van der Waals surface area contributed by atoms with E-state index in [4.69, 9.17) is 4.52 Å². The maximum atomic E-state index is 5.32. The minimum Gasteiger partial charge on any atom is -0.387 e. The van der Waals surface area contributed by atoms with Gasteiger partial charge in [-0.3, -0.25) is 4.68 Å². The number of nitrogens with zero attached hydrogens (tertiary/aromatic N) is 4. The van der Waals surface area contributed by atoms with E-state index < -0.39 is 0 Å². The number of benzene rings is 1. The number of anilines is 1. The second kappa shape index (κ2) is 4.56. The summed E-state index contributed by atoms with van der Waals surface area (Å²) in [5.74, 6) is 1.03. The summed E-state index contributed by atoms with van der Waals surface area (Å²) < 4.78 is 7.02. The van der Waals surface area contributed by atoms with Gasteiger partial charge in [-0.25, -0.2) is 0 Å². The van der Waals surface area contributed by atoms with Gasteiger partial charge in [-0.1, -0.05) is 17.3 Å². The molecule has 0 unspecified atom stereocenters. The predicted octanol–water partition coefficient (Wildman–Crippen LogP) is 2.18. The Morgan fingerprint density at radius 3 is 2.84 bits per heavy atom. The van der Waals surface area contributed by atoms with Crippen LogP contribution in [0.1, 0.15) is 0 Å². The average Bonchev–Trinajstić information content (AvgIpc) is 3.07. The third-order valence-electron chi connectivity index (χ3n) is 2.82. The van der Waals surface area contributed by atoms with Crippen molar-refractivity contribution in [3.05, 3.63) is 36.7 Å². The Morgan fingerprint density at radius 1 is 1.26 bits per heavy atom. The lowest BCUT2D eigenvalue weighted by molar-refractivity contribution is 0.432. The molecule has 0 aliphatic carbocycles. The van der Waals surface area contributed by atoms with Gasteiger partial charge in [0.25, 0.3) is 5.89 Å². The van der Waals surface area contributed by atoms with Crippen LogP contribution in [0.4, 0.5) is 5.69 Å². The van der Waals surface area contributed by atoms with E-state index in [1.807, 2.05) is 44.6 Å². The lowest BCUT2D eigenvalue weighted by Crippen LogP contribution is -1.91. The van der Waals surface area contributed by atoms with Gasteiger partial charge in [-0.05, 0) is 12.1 Å². The number of para-hydroxylation sites is 1. The first-order valence-corrected chi connectivity index (χ1v) is 5.88. The highest BCUT2D eigenvalue weighted by Gasteiger charge is 2.14. The van der Waals surface area contributed by atoms with E-state index in [0.717, 1.165) is 16.8 Å². The van der Waals surface area contributed by atoms with Crippen LogP contribution in [0, 0.1) is 0 Å². The van der Waals surface area contributed by atoms with Crippen LogP contribution in [-0.2, 0) is 7.05 Å². The predicted molar refractivity (Wildman–Crippen MR) is 71.5 cm³/mol. The second-order valence-corrected chi connectivity index (χ2v) is 4.12. The largest absolute Gasteiger partial charge is 0.387 e. The van der Waals surface area contributed by atoms with Crippen molar-refractivity contribution < 1.29 is 4.52 Å². The van der Waals surface area contributed by atoms with E-state index in [9.17, 15) is 0 Å². The van der Waals surface area contributed by atoms with E-state index >= 15 is 0 Å². The molecular formula is C13H13N5O. The van der Waals surface area contributed by atoms with E-state index in [2.05, 4.69) is 20.6 Å². The molecule has 0 bridgehead atoms. The van der Waals surface area contributed by atoms with Crippen molar-refractivity contribution in [2.75, 3.05) is 12.4 Å². The summed E-state index contributed by atoms with van der Waals surface area (Å²) in [5.41, 5.74) is 2.66. The number of hydrogen-bond acceptors (Lipinski definition) is 5. The highest BCUT2D eigenvalue weighted by atomic mass is 16.5. The van der Waals surface area contributed by atoms with Crippen LogP contribution in [0.2, 0.25) is 0 Å². The van der Waals surface area contributed by atoms with Gasteiger partial charge < -0.3 is 9.84 Å². The number of nitrogens with one attached hydrogen (secondary N) is 1. The minimum absolute atomic E-state index is 0.490. The first-order valence-electron chi connectivity index (χ1n) is 5.88. The zero-order valence-electron chi connectivity index (χ0n) is 10.7. The van der Waals surface area contributed by atoms with E-state index in [1.54, 1.807) is 10.9 Å². The Balaban J connectivity index is 2.01. The Hall–Kier alpha value is -2.63. The summed E-state index contributed by atoms with van der Waals surface area (Å²) in [7, 11) is 3.71. The fourth-order valence-electron chi connectivity index (χ4n) is 1.87.